The van der Waals surface area contributed by atoms with Crippen LogP contribution in [0.5, 0.6) is 0 Å². The molecule has 0 aromatic heterocycles. The fraction of sp³-hybridized carbons (Fsp3) is 0.500. The summed E-state index contributed by atoms with van der Waals surface area (Å²) in [6.07, 6.45) is 2.44. The summed E-state index contributed by atoms with van der Waals surface area (Å²) in [5.74, 6) is -1.59. The number of piperidine rings is 1. The van der Waals surface area contributed by atoms with Gasteiger partial charge in [0.05, 0.1) is 0 Å². The third-order valence-electron chi connectivity index (χ3n) is 3.69. The van der Waals surface area contributed by atoms with Crippen LogP contribution in [-0.4, -0.2) is 34.6 Å². The fourth-order valence-electron chi connectivity index (χ4n) is 2.81. The maximum absolute atomic E-state index is 12.1. The van der Waals surface area contributed by atoms with Crippen LogP contribution in [0.1, 0.15) is 32.1 Å². The monoisotopic (exact) mass is 248 g/mol. The summed E-state index contributed by atoms with van der Waals surface area (Å²) in [5, 5.41) is 2.17. The normalized spacial score (nSPS) is 28.0. The number of likely N-dealkylation sites (tertiary alicyclic amines) is 1. The number of imide groups is 2. The molecule has 3 aliphatic rings. The molecule has 0 aromatic rings. The lowest BCUT2D eigenvalue weighted by Gasteiger charge is -2.28. The average molecular weight is 248 g/mol. The third-order valence-corrected chi connectivity index (χ3v) is 3.69. The van der Waals surface area contributed by atoms with Gasteiger partial charge in [-0.1, -0.05) is 0 Å². The van der Waals surface area contributed by atoms with Crippen LogP contribution in [0, 0.1) is 0 Å². The standard InChI is InChI=1S/C12H12N2O4/c15-9-5-4-8(10(16)13-9)14-11(17)6-2-1-3-7(6)12(14)18/h8H,1-5H2,(H,13,15,16). The van der Waals surface area contributed by atoms with E-state index < -0.39 is 11.9 Å². The molecule has 1 saturated heterocycles. The van der Waals surface area contributed by atoms with Crippen LogP contribution in [0.25, 0.3) is 0 Å². The summed E-state index contributed by atoms with van der Waals surface area (Å²) in [5.41, 5.74) is 1.12. The Morgan fingerprint density at radius 1 is 0.944 bits per heavy atom. The molecule has 1 unspecified atom stereocenters. The minimum absolute atomic E-state index is 0.165. The van der Waals surface area contributed by atoms with Gasteiger partial charge in [-0.05, 0) is 25.7 Å². The molecule has 1 fully saturated rings. The Morgan fingerprint density at radius 2 is 1.56 bits per heavy atom. The molecule has 0 radical (unpaired) electrons. The fourth-order valence-corrected chi connectivity index (χ4v) is 2.81. The van der Waals surface area contributed by atoms with E-state index in [2.05, 4.69) is 5.32 Å². The Labute approximate surface area is 103 Å². The molecule has 0 spiro atoms. The number of nitrogens with one attached hydrogen (secondary N) is 1. The summed E-state index contributed by atoms with van der Waals surface area (Å²) in [6.45, 7) is 0. The molecule has 6 nitrogen and oxygen atoms in total. The quantitative estimate of drug-likeness (QED) is 0.642. The van der Waals surface area contributed by atoms with Crippen LogP contribution in [0.2, 0.25) is 0 Å². The highest BCUT2D eigenvalue weighted by Crippen LogP contribution is 2.36. The third kappa shape index (κ3) is 1.41. The first-order valence-corrected chi connectivity index (χ1v) is 6.03. The minimum atomic E-state index is -0.826. The van der Waals surface area contributed by atoms with Crippen molar-refractivity contribution in [2.24, 2.45) is 0 Å². The van der Waals surface area contributed by atoms with E-state index in [1.807, 2.05) is 0 Å². The largest absolute Gasteiger partial charge is 0.295 e. The molecule has 18 heavy (non-hydrogen) atoms. The van der Waals surface area contributed by atoms with Crippen LogP contribution in [-0.2, 0) is 19.2 Å². The molecule has 3 rings (SSSR count). The molecule has 6 heteroatoms. The van der Waals surface area contributed by atoms with Crippen LogP contribution >= 0.6 is 0 Å². The predicted octanol–water partition coefficient (Wildman–Crippen LogP) is -0.359. The van der Waals surface area contributed by atoms with Crippen molar-refractivity contribution in [1.29, 1.82) is 0 Å². The summed E-state index contributed by atoms with van der Waals surface area (Å²) < 4.78 is 0. The van der Waals surface area contributed by atoms with Crippen LogP contribution in [0.4, 0.5) is 0 Å². The molecule has 1 N–H and O–H groups in total. The van der Waals surface area contributed by atoms with Crippen molar-refractivity contribution < 1.29 is 19.2 Å². The number of amides is 4. The Balaban J connectivity index is 1.87. The molecular formula is C12H12N2O4. The first-order valence-electron chi connectivity index (χ1n) is 6.03. The van der Waals surface area contributed by atoms with Gasteiger partial charge in [-0.2, -0.15) is 0 Å². The van der Waals surface area contributed by atoms with Gasteiger partial charge in [0.1, 0.15) is 6.04 Å². The van der Waals surface area contributed by atoms with Gasteiger partial charge in [0.2, 0.25) is 11.8 Å². The van der Waals surface area contributed by atoms with Crippen molar-refractivity contribution in [2.75, 3.05) is 0 Å². The molecule has 4 amide bonds. The SMILES string of the molecule is O=C1CCC(N2C(=O)C3=C(CCC3)C2=O)C(=O)N1. The molecule has 1 aliphatic carbocycles. The van der Waals surface area contributed by atoms with Crippen molar-refractivity contribution in [3.63, 3.8) is 0 Å². The minimum Gasteiger partial charge on any atom is -0.295 e. The lowest BCUT2D eigenvalue weighted by Crippen LogP contribution is -2.54. The first kappa shape index (κ1) is 11.1. The number of carbonyl (C=O) groups is 4. The predicted molar refractivity (Wildman–Crippen MR) is 58.9 cm³/mol. The van der Waals surface area contributed by atoms with Gasteiger partial charge < -0.3 is 0 Å². The Morgan fingerprint density at radius 3 is 2.11 bits per heavy atom. The molecule has 0 aromatic carbocycles. The number of hydrogen-bond donors (Lipinski definition) is 1. The first-order chi connectivity index (χ1) is 8.59. The van der Waals surface area contributed by atoms with E-state index in [-0.39, 0.29) is 30.6 Å². The maximum atomic E-state index is 12.1. The summed E-state index contributed by atoms with van der Waals surface area (Å²) in [6, 6.07) is -0.826. The van der Waals surface area contributed by atoms with Gasteiger partial charge in [-0.3, -0.25) is 29.4 Å². The van der Waals surface area contributed by atoms with Crippen LogP contribution in [0.3, 0.4) is 0 Å². The number of nitrogens with zero attached hydrogens (tertiary/aromatic N) is 1. The summed E-state index contributed by atoms with van der Waals surface area (Å²) in [7, 11) is 0. The summed E-state index contributed by atoms with van der Waals surface area (Å²) >= 11 is 0. The van der Waals surface area contributed by atoms with Crippen molar-refractivity contribution in [2.45, 2.75) is 38.1 Å². The lowest BCUT2D eigenvalue weighted by molar-refractivity contribution is -0.150. The van der Waals surface area contributed by atoms with Gasteiger partial charge in [-0.25, -0.2) is 0 Å². The van der Waals surface area contributed by atoms with E-state index in [1.54, 1.807) is 0 Å². The van der Waals surface area contributed by atoms with Crippen LogP contribution in [0.15, 0.2) is 11.1 Å². The second-order valence-corrected chi connectivity index (χ2v) is 4.76. The Bertz CT molecular complexity index is 494. The van der Waals surface area contributed by atoms with E-state index in [9.17, 15) is 19.2 Å². The zero-order valence-electron chi connectivity index (χ0n) is 9.69. The van der Waals surface area contributed by atoms with E-state index in [0.29, 0.717) is 24.0 Å². The number of carbonyl (C=O) groups excluding carboxylic acids is 4. The Kier molecular flexibility index (Phi) is 2.33. The van der Waals surface area contributed by atoms with Crippen molar-refractivity contribution >= 4 is 23.6 Å². The lowest BCUT2D eigenvalue weighted by atomic mass is 10.0. The van der Waals surface area contributed by atoms with Crippen molar-refractivity contribution in [1.82, 2.24) is 10.2 Å². The van der Waals surface area contributed by atoms with Crippen molar-refractivity contribution in [3.05, 3.63) is 11.1 Å². The van der Waals surface area contributed by atoms with Crippen LogP contribution < -0.4 is 5.32 Å². The zero-order chi connectivity index (χ0) is 12.9. The van der Waals surface area contributed by atoms with E-state index in [1.165, 1.54) is 0 Å². The molecular weight excluding hydrogens is 236 g/mol. The highest BCUT2D eigenvalue weighted by Gasteiger charge is 2.46. The smallest absolute Gasteiger partial charge is 0.257 e. The molecule has 2 aliphatic heterocycles. The zero-order valence-corrected chi connectivity index (χ0v) is 9.69. The van der Waals surface area contributed by atoms with Gasteiger partial charge >= 0.3 is 0 Å². The van der Waals surface area contributed by atoms with E-state index in [4.69, 9.17) is 0 Å². The molecule has 0 saturated carbocycles. The average Bonchev–Trinajstić information content (AvgIpc) is 2.87. The van der Waals surface area contributed by atoms with Gasteiger partial charge in [0.25, 0.3) is 11.8 Å². The summed E-state index contributed by atoms with van der Waals surface area (Å²) in [4.78, 5) is 48.0. The van der Waals surface area contributed by atoms with E-state index in [0.717, 1.165) is 11.3 Å². The second kappa shape index (κ2) is 3.76. The highest BCUT2D eigenvalue weighted by atomic mass is 16.2. The topological polar surface area (TPSA) is 83.6 Å². The molecule has 94 valence electrons. The Hall–Kier alpha value is -1.98. The van der Waals surface area contributed by atoms with Gasteiger partial charge in [0, 0.05) is 17.6 Å². The number of rotatable bonds is 1. The highest BCUT2D eigenvalue weighted by molar-refractivity contribution is 6.22. The van der Waals surface area contributed by atoms with Gasteiger partial charge in [-0.15, -0.1) is 0 Å². The molecule has 2 heterocycles. The van der Waals surface area contributed by atoms with Gasteiger partial charge in [0.15, 0.2) is 0 Å². The molecule has 0 bridgehead atoms. The number of hydrogen-bond acceptors (Lipinski definition) is 4. The second-order valence-electron chi connectivity index (χ2n) is 4.76. The maximum Gasteiger partial charge on any atom is 0.257 e. The van der Waals surface area contributed by atoms with E-state index >= 15 is 0 Å². The van der Waals surface area contributed by atoms with Crippen molar-refractivity contribution in [3.8, 4) is 0 Å². The molecule has 1 atom stereocenters.